The zero-order chi connectivity index (χ0) is 36.0. The van der Waals surface area contributed by atoms with Gasteiger partial charge in [-0.3, -0.25) is 14.4 Å². The molecule has 3 aliphatic rings. The molecule has 10 nitrogen and oxygen atoms in total. The third-order valence-corrected chi connectivity index (χ3v) is 10.4. The molecule has 0 aromatic carbocycles. The number of hydrogen-bond donors (Lipinski definition) is 1. The van der Waals surface area contributed by atoms with Crippen LogP contribution in [0.25, 0.3) is 29.1 Å². The zero-order valence-corrected chi connectivity index (χ0v) is 32.2. The number of esters is 2. The number of hydrogen-bond acceptors (Lipinski definition) is 6. The number of nitrogens with zero attached hydrogens (tertiary/aromatic N) is 4. The van der Waals surface area contributed by atoms with E-state index in [9.17, 15) is 19.5 Å². The van der Waals surface area contributed by atoms with E-state index in [1.807, 2.05) is 65.8 Å². The smallest absolute Gasteiger partial charge is 0.664 e. The number of carbonyl (C=O) groups is 3. The van der Waals surface area contributed by atoms with E-state index in [0.29, 0.717) is 57.3 Å². The van der Waals surface area contributed by atoms with Gasteiger partial charge in [0.25, 0.3) is 0 Å². The van der Waals surface area contributed by atoms with Crippen LogP contribution in [0.3, 0.4) is 0 Å². The average molecular weight is 701 g/mol. The minimum atomic E-state index is -1.23. The van der Waals surface area contributed by atoms with E-state index in [1.165, 1.54) is 7.11 Å². The maximum Gasteiger partial charge on any atom is 2.00 e. The quantitative estimate of drug-likeness (QED) is 0.151. The van der Waals surface area contributed by atoms with Gasteiger partial charge >= 0.3 is 35.0 Å². The van der Waals surface area contributed by atoms with Crippen molar-refractivity contribution in [3.8, 4) is 0 Å². The topological polar surface area (TPSA) is 146 Å². The van der Waals surface area contributed by atoms with Gasteiger partial charge in [-0.05, 0) is 70.4 Å². The summed E-state index contributed by atoms with van der Waals surface area (Å²) in [5.41, 5.74) is 9.98. The molecule has 1 N–H and O–H groups in total. The number of allylic oxidation sites excluding steroid dienone is 3. The molecule has 0 amide bonds. The summed E-state index contributed by atoms with van der Waals surface area (Å²) in [6.45, 7) is 13.9. The van der Waals surface area contributed by atoms with Crippen molar-refractivity contribution in [2.45, 2.75) is 80.8 Å². The largest absolute Gasteiger partial charge is 2.00 e. The Bertz CT molecular complexity index is 2120. The SMILES string of the molecule is CCc1c2[n-]c(c1C)/C=C1\[N-]/C(=C3\c4[n-]c(c(C)c4C(=O)[C@@H]3C(=O)OC)/C=c3\[n-]/c(c(CO)c3CC)=C\2)[C@@H](CCC(=O)OCC=C(C)C)[C@@H]1C.[Mg+2]. The Morgan fingerprint density at radius 3 is 2.24 bits per heavy atom. The fourth-order valence-corrected chi connectivity index (χ4v) is 7.57. The average Bonchev–Trinajstić information content (AvgIpc) is 3.83. The molecule has 264 valence electrons. The Morgan fingerprint density at radius 2 is 1.59 bits per heavy atom. The molecule has 51 heavy (non-hydrogen) atoms. The molecule has 1 fully saturated rings. The second-order valence-corrected chi connectivity index (χ2v) is 13.5. The van der Waals surface area contributed by atoms with Crippen molar-refractivity contribution in [1.82, 2.24) is 15.0 Å². The van der Waals surface area contributed by atoms with Gasteiger partial charge in [-0.2, -0.15) is 11.4 Å². The van der Waals surface area contributed by atoms with E-state index >= 15 is 0 Å². The van der Waals surface area contributed by atoms with Gasteiger partial charge in [0.2, 0.25) is 0 Å². The van der Waals surface area contributed by atoms with E-state index in [2.05, 4.69) is 6.92 Å². The van der Waals surface area contributed by atoms with Crippen molar-refractivity contribution in [2.24, 2.45) is 17.8 Å². The number of aliphatic hydroxyl groups excluding tert-OH is 1. The Hall–Kier alpha value is -4.06. The summed E-state index contributed by atoms with van der Waals surface area (Å²) in [6, 6.07) is 0. The molecule has 0 unspecified atom stereocenters. The van der Waals surface area contributed by atoms with Gasteiger partial charge in [0, 0.05) is 12.0 Å². The maximum atomic E-state index is 14.2. The van der Waals surface area contributed by atoms with Gasteiger partial charge in [0.1, 0.15) is 12.5 Å². The van der Waals surface area contributed by atoms with Crippen LogP contribution in [0.4, 0.5) is 0 Å². The van der Waals surface area contributed by atoms with E-state index in [-0.39, 0.29) is 66.3 Å². The third-order valence-electron chi connectivity index (χ3n) is 10.4. The van der Waals surface area contributed by atoms with Crippen LogP contribution in [0, 0.1) is 31.6 Å². The van der Waals surface area contributed by atoms with Crippen LogP contribution in [-0.4, -0.2) is 59.6 Å². The van der Waals surface area contributed by atoms with Crippen LogP contribution < -0.4 is 25.7 Å². The molecule has 2 aliphatic heterocycles. The van der Waals surface area contributed by atoms with Crippen molar-refractivity contribution < 1.29 is 29.0 Å². The van der Waals surface area contributed by atoms with Gasteiger partial charge in [-0.1, -0.05) is 72.4 Å². The molecule has 3 aromatic rings. The molecule has 0 spiro atoms. The second kappa shape index (κ2) is 15.3. The predicted molar refractivity (Wildman–Crippen MR) is 196 cm³/mol. The first-order valence-electron chi connectivity index (χ1n) is 17.3. The molecule has 5 heterocycles. The van der Waals surface area contributed by atoms with Gasteiger partial charge in [0.15, 0.2) is 5.78 Å². The van der Waals surface area contributed by atoms with Crippen molar-refractivity contribution in [3.63, 3.8) is 0 Å². The number of carbonyl (C=O) groups excluding carboxylic acids is 3. The molecule has 6 rings (SSSR count). The van der Waals surface area contributed by atoms with Gasteiger partial charge < -0.3 is 34.8 Å². The van der Waals surface area contributed by atoms with Crippen LogP contribution in [0.1, 0.15) is 108 Å². The molecular weight excluding hydrogens is 657 g/mol. The summed E-state index contributed by atoms with van der Waals surface area (Å²) < 4.78 is 10.7. The summed E-state index contributed by atoms with van der Waals surface area (Å²) in [4.78, 5) is 55.5. The number of ketones is 1. The molecule has 3 atom stereocenters. The van der Waals surface area contributed by atoms with Gasteiger partial charge in [-0.25, -0.2) is 0 Å². The first-order chi connectivity index (χ1) is 23.9. The summed E-state index contributed by atoms with van der Waals surface area (Å²) >= 11 is 0. The van der Waals surface area contributed by atoms with Crippen LogP contribution in [0.2, 0.25) is 0 Å². The number of methoxy groups -OCH3 is 1. The van der Waals surface area contributed by atoms with Crippen LogP contribution in [0.5, 0.6) is 0 Å². The molecule has 3 aromatic heterocycles. The zero-order valence-electron chi connectivity index (χ0n) is 30.8. The summed E-state index contributed by atoms with van der Waals surface area (Å²) in [5.74, 6) is -3.13. The molecule has 0 saturated carbocycles. The number of ether oxygens (including phenoxy) is 2. The Morgan fingerprint density at radius 1 is 0.922 bits per heavy atom. The van der Waals surface area contributed by atoms with Crippen LogP contribution >= 0.6 is 0 Å². The van der Waals surface area contributed by atoms with E-state index in [1.54, 1.807) is 0 Å². The van der Waals surface area contributed by atoms with Crippen LogP contribution in [-0.2, 0) is 38.5 Å². The van der Waals surface area contributed by atoms with Crippen molar-refractivity contribution in [2.75, 3.05) is 13.7 Å². The third kappa shape index (κ3) is 6.71. The Labute approximate surface area is 314 Å². The first kappa shape index (κ1) is 38.2. The standard InChI is InChI=1S/C40H45N4O6.Mg/c1-9-23-20(5)27-15-28-21(6)25(11-12-33(46)50-14-13-19(3)4)37(43-28)35-36(40(48)49-8)39(47)34-22(7)29(44-38(34)35)16-31-24(10-2)26(18-45)32(42-31)17-30(23)41-27;/h13,15-17,21,25,36,45H,9-12,14,18H2,1-8H3,(H-,43,44,47);/q-3;+2/p-1/b28-15-,31-16-,32-17-;/t21-,25-,36+;/m0./s1. The number of aliphatic hydroxyl groups is 1. The van der Waals surface area contributed by atoms with E-state index in [0.717, 1.165) is 51.3 Å². The molecular formula is C40H44MgN4O6-2. The molecule has 1 saturated heterocycles. The van der Waals surface area contributed by atoms with Crippen molar-refractivity contribution in [3.05, 3.63) is 95.2 Å². The molecule has 8 bridgehead atoms. The predicted octanol–water partition coefficient (Wildman–Crippen LogP) is 4.05. The summed E-state index contributed by atoms with van der Waals surface area (Å²) in [7, 11) is 1.27. The van der Waals surface area contributed by atoms with Gasteiger partial charge in [-0.15, -0.1) is 33.5 Å². The Balaban J connectivity index is 0.00000504. The van der Waals surface area contributed by atoms with E-state index < -0.39 is 11.9 Å². The number of fused-ring (bicyclic) bond motifs is 7. The summed E-state index contributed by atoms with van der Waals surface area (Å²) in [6.07, 6.45) is 9.51. The normalized spacial score (nSPS) is 22.5. The minimum Gasteiger partial charge on any atom is -0.664 e. The number of aromatic nitrogens is 3. The maximum absolute atomic E-state index is 14.2. The molecule has 0 radical (unpaired) electrons. The Kier molecular flexibility index (Phi) is 11.4. The number of rotatable bonds is 9. The van der Waals surface area contributed by atoms with Crippen LogP contribution in [0.15, 0.2) is 23.0 Å². The van der Waals surface area contributed by atoms with E-state index in [4.69, 9.17) is 29.7 Å². The second-order valence-electron chi connectivity index (χ2n) is 13.5. The fraction of sp³-hybridized carbons (Fsp3) is 0.425. The summed E-state index contributed by atoms with van der Waals surface area (Å²) in [5, 5.41) is 17.0. The molecule has 1 aliphatic carbocycles. The monoisotopic (exact) mass is 700 g/mol. The van der Waals surface area contributed by atoms with Crippen molar-refractivity contribution >= 4 is 64.6 Å². The molecule has 11 heteroatoms. The first-order valence-corrected chi connectivity index (χ1v) is 17.3. The minimum absolute atomic E-state index is 0. The van der Waals surface area contributed by atoms with Crippen molar-refractivity contribution in [1.29, 1.82) is 0 Å². The fourth-order valence-electron chi connectivity index (χ4n) is 7.57. The van der Waals surface area contributed by atoms with Gasteiger partial charge in [0.05, 0.1) is 13.7 Å². The number of Topliss-reactive ketones (excluding diaryl/α,β-unsaturated/α-hetero) is 1.